The topological polar surface area (TPSA) is 91.8 Å². The minimum Gasteiger partial charge on any atom is -0.493 e. The highest BCUT2D eigenvalue weighted by atomic mass is 35.5. The fourth-order valence-corrected chi connectivity index (χ4v) is 4.95. The highest BCUT2D eigenvalue weighted by Crippen LogP contribution is 2.39. The molecule has 42 heavy (non-hydrogen) atoms. The summed E-state index contributed by atoms with van der Waals surface area (Å²) in [7, 11) is -0.434. The number of nitrogens with one attached hydrogen (secondary N) is 1. The van der Waals surface area contributed by atoms with E-state index in [2.05, 4.69) is 49.1 Å². The van der Waals surface area contributed by atoms with E-state index < -0.39 is 31.6 Å². The third-order valence-electron chi connectivity index (χ3n) is 7.08. The number of methoxy groups -OCH3 is 1. The van der Waals surface area contributed by atoms with Gasteiger partial charge in [0, 0.05) is 47.9 Å². The largest absolute Gasteiger partial charge is 0.493 e. The molecule has 0 spiro atoms. The number of halogens is 3. The van der Waals surface area contributed by atoms with Gasteiger partial charge in [0.1, 0.15) is 12.4 Å². The summed E-state index contributed by atoms with van der Waals surface area (Å²) in [6, 6.07) is 8.10. The van der Waals surface area contributed by atoms with Crippen molar-refractivity contribution in [3.63, 3.8) is 0 Å². The number of benzene rings is 2. The Kier molecular flexibility index (Phi) is 9.34. The number of hydrogen-bond acceptors (Lipinski definition) is 7. The van der Waals surface area contributed by atoms with Crippen LogP contribution in [0.1, 0.15) is 31.1 Å². The van der Waals surface area contributed by atoms with Crippen LogP contribution in [0.4, 0.5) is 14.5 Å². The van der Waals surface area contributed by atoms with E-state index in [0.29, 0.717) is 35.6 Å². The first-order chi connectivity index (χ1) is 19.8. The van der Waals surface area contributed by atoms with Gasteiger partial charge in [-0.2, -0.15) is 0 Å². The van der Waals surface area contributed by atoms with Crippen molar-refractivity contribution in [3.05, 3.63) is 77.2 Å². The van der Waals surface area contributed by atoms with Crippen LogP contribution < -0.4 is 19.5 Å². The fourth-order valence-electron chi connectivity index (χ4n) is 3.74. The fraction of sp³-hybridized carbons (Fsp3) is 0.300. The maximum Gasteiger partial charge on any atom is 0.258 e. The average molecular weight is 616 g/mol. The van der Waals surface area contributed by atoms with Crippen LogP contribution in [0.5, 0.6) is 23.0 Å². The molecular formula is C30H32ClF2N3O5Si. The van der Waals surface area contributed by atoms with Crippen LogP contribution in [-0.4, -0.2) is 44.5 Å². The number of amides is 1. The lowest BCUT2D eigenvalue weighted by molar-refractivity contribution is 0.102. The van der Waals surface area contributed by atoms with Crippen LogP contribution in [0.15, 0.2) is 55.0 Å². The number of nitrogens with zero attached hydrogens (tertiary/aromatic N) is 2. The Morgan fingerprint density at radius 3 is 2.36 bits per heavy atom. The number of carbonyl (C=O) groups excluding carboxylic acids is 1. The van der Waals surface area contributed by atoms with Crippen molar-refractivity contribution in [2.45, 2.75) is 38.9 Å². The Bertz CT molecular complexity index is 1590. The van der Waals surface area contributed by atoms with Crippen LogP contribution in [0.3, 0.4) is 0 Å². The molecule has 2 heterocycles. The van der Waals surface area contributed by atoms with Crippen LogP contribution in [-0.2, 0) is 4.43 Å². The van der Waals surface area contributed by atoms with Crippen LogP contribution in [0, 0.1) is 11.6 Å². The zero-order chi connectivity index (χ0) is 30.7. The normalized spacial score (nSPS) is 11.8. The van der Waals surface area contributed by atoms with Gasteiger partial charge in [-0.3, -0.25) is 14.8 Å². The van der Waals surface area contributed by atoms with Gasteiger partial charge in [0.15, 0.2) is 37.2 Å². The number of hydrogen-bond donors (Lipinski definition) is 1. The molecule has 8 nitrogen and oxygen atoms in total. The molecule has 0 saturated heterocycles. The summed E-state index contributed by atoms with van der Waals surface area (Å²) >= 11 is 6.01. The smallest absolute Gasteiger partial charge is 0.258 e. The van der Waals surface area contributed by atoms with Crippen molar-refractivity contribution in [2.75, 3.05) is 25.6 Å². The van der Waals surface area contributed by atoms with E-state index in [-0.39, 0.29) is 27.1 Å². The number of ether oxygens (including phenoxy) is 3. The van der Waals surface area contributed by atoms with Gasteiger partial charge in [-0.25, -0.2) is 8.78 Å². The van der Waals surface area contributed by atoms with Crippen molar-refractivity contribution in [1.29, 1.82) is 0 Å². The van der Waals surface area contributed by atoms with Gasteiger partial charge in [-0.15, -0.1) is 0 Å². The predicted octanol–water partition coefficient (Wildman–Crippen LogP) is 8.02. The summed E-state index contributed by atoms with van der Waals surface area (Å²) in [6.45, 7) is 11.6. The number of carbonyl (C=O) groups is 1. The summed E-state index contributed by atoms with van der Waals surface area (Å²) < 4.78 is 53.4. The molecule has 222 valence electrons. The Morgan fingerprint density at radius 1 is 1.00 bits per heavy atom. The van der Waals surface area contributed by atoms with E-state index in [1.165, 1.54) is 37.8 Å². The molecule has 1 amide bonds. The molecule has 12 heteroatoms. The Morgan fingerprint density at radius 2 is 1.71 bits per heavy atom. The molecule has 1 N–H and O–H groups in total. The zero-order valence-electron chi connectivity index (χ0n) is 24.2. The number of rotatable bonds is 10. The van der Waals surface area contributed by atoms with E-state index in [1.807, 2.05) is 0 Å². The van der Waals surface area contributed by atoms with E-state index in [9.17, 15) is 4.79 Å². The molecule has 0 aliphatic carbocycles. The maximum absolute atomic E-state index is 15.0. The predicted molar refractivity (Wildman–Crippen MR) is 161 cm³/mol. The van der Waals surface area contributed by atoms with Gasteiger partial charge in [0.2, 0.25) is 0 Å². The zero-order valence-corrected chi connectivity index (χ0v) is 25.9. The van der Waals surface area contributed by atoms with Crippen molar-refractivity contribution in [2.24, 2.45) is 0 Å². The standard InChI is InChI=1S/C30H32ClF2N3O5Si/c1-30(2,3)42(5,6)40-12-11-39-27-16-24-19(15-26(27)38-4)25(8-10-35-24)41-28-22(32)13-18(14-23(28)33)36-29(37)20-17-34-9-7-21(20)31/h7-10,13-17H,11-12H2,1-6H3,(H,36,37). The SMILES string of the molecule is COc1cc2c(Oc3c(F)cc(NC(=O)c4cnccc4Cl)cc3F)ccnc2cc1OCCO[Si](C)(C)C(C)(C)C. The molecule has 4 aromatic rings. The van der Waals surface area contributed by atoms with Crippen molar-refractivity contribution in [3.8, 4) is 23.0 Å². The lowest BCUT2D eigenvalue weighted by Crippen LogP contribution is -2.41. The summed E-state index contributed by atoms with van der Waals surface area (Å²) in [4.78, 5) is 20.7. The molecular weight excluding hydrogens is 584 g/mol. The second-order valence-electron chi connectivity index (χ2n) is 11.0. The molecule has 0 radical (unpaired) electrons. The van der Waals surface area contributed by atoms with Crippen LogP contribution in [0.2, 0.25) is 23.2 Å². The second kappa shape index (κ2) is 12.6. The number of pyridine rings is 2. The van der Waals surface area contributed by atoms with E-state index in [4.69, 9.17) is 30.2 Å². The van der Waals surface area contributed by atoms with Crippen molar-refractivity contribution in [1.82, 2.24) is 9.97 Å². The minimum atomic E-state index is -1.92. The summed E-state index contributed by atoms with van der Waals surface area (Å²) in [5.41, 5.74) is 0.401. The third-order valence-corrected chi connectivity index (χ3v) is 11.9. The highest BCUT2D eigenvalue weighted by molar-refractivity contribution is 6.74. The average Bonchev–Trinajstić information content (AvgIpc) is 2.92. The molecule has 0 fully saturated rings. The Hall–Kier alpha value is -3.80. The molecule has 0 unspecified atom stereocenters. The van der Waals surface area contributed by atoms with Gasteiger partial charge < -0.3 is 24.0 Å². The van der Waals surface area contributed by atoms with E-state index >= 15 is 8.78 Å². The van der Waals surface area contributed by atoms with Crippen LogP contribution in [0.25, 0.3) is 10.9 Å². The number of fused-ring (bicyclic) bond motifs is 1. The molecule has 0 aliphatic heterocycles. The van der Waals surface area contributed by atoms with Gasteiger partial charge in [-0.05, 0) is 36.3 Å². The third kappa shape index (κ3) is 6.97. The molecule has 0 saturated carbocycles. The monoisotopic (exact) mass is 615 g/mol. The van der Waals surface area contributed by atoms with Gasteiger partial charge in [0.05, 0.1) is 29.8 Å². The number of anilines is 1. The Labute approximate surface area is 249 Å². The van der Waals surface area contributed by atoms with Crippen molar-refractivity contribution < 1.29 is 32.2 Å². The summed E-state index contributed by atoms with van der Waals surface area (Å²) in [5.74, 6) is -2.40. The first-order valence-corrected chi connectivity index (χ1v) is 16.4. The van der Waals surface area contributed by atoms with Crippen molar-refractivity contribution >= 4 is 42.4 Å². The Balaban J connectivity index is 1.53. The lowest BCUT2D eigenvalue weighted by atomic mass is 10.1. The highest BCUT2D eigenvalue weighted by Gasteiger charge is 2.37. The van der Waals surface area contributed by atoms with Gasteiger partial charge in [-0.1, -0.05) is 32.4 Å². The molecule has 0 aliphatic rings. The first kappa shape index (κ1) is 31.1. The second-order valence-corrected chi connectivity index (χ2v) is 16.2. The van der Waals surface area contributed by atoms with E-state index in [0.717, 1.165) is 12.1 Å². The minimum absolute atomic E-state index is 0.0592. The number of aromatic nitrogens is 2. The van der Waals surface area contributed by atoms with Gasteiger partial charge >= 0.3 is 0 Å². The summed E-state index contributed by atoms with van der Waals surface area (Å²) in [5, 5.41) is 3.09. The maximum atomic E-state index is 15.0. The van der Waals surface area contributed by atoms with Crippen LogP contribution >= 0.6 is 11.6 Å². The molecule has 4 rings (SSSR count). The molecule has 0 atom stereocenters. The summed E-state index contributed by atoms with van der Waals surface area (Å²) in [6.07, 6.45) is 4.13. The quantitative estimate of drug-likeness (QED) is 0.143. The van der Waals surface area contributed by atoms with Gasteiger partial charge in [0.25, 0.3) is 5.91 Å². The lowest BCUT2D eigenvalue weighted by Gasteiger charge is -2.36. The molecule has 2 aromatic heterocycles. The van der Waals surface area contributed by atoms with E-state index in [1.54, 1.807) is 12.1 Å². The first-order valence-electron chi connectivity index (χ1n) is 13.1. The molecule has 0 bridgehead atoms. The molecule has 2 aromatic carbocycles.